The topological polar surface area (TPSA) is 106 Å². The minimum absolute atomic E-state index is 0.0129. The summed E-state index contributed by atoms with van der Waals surface area (Å²) >= 11 is 0. The zero-order valence-electron chi connectivity index (χ0n) is 15.0. The van der Waals surface area contributed by atoms with Gasteiger partial charge in [-0.1, -0.05) is 26.7 Å². The third-order valence-electron chi connectivity index (χ3n) is 3.34. The molecule has 2 amide bonds. The maximum Gasteiger partial charge on any atom is 0.407 e. The second-order valence-corrected chi connectivity index (χ2v) is 5.35. The van der Waals surface area contributed by atoms with E-state index in [0.29, 0.717) is 19.4 Å². The van der Waals surface area contributed by atoms with Gasteiger partial charge in [-0.2, -0.15) is 0 Å². The van der Waals surface area contributed by atoms with E-state index < -0.39 is 12.4 Å². The van der Waals surface area contributed by atoms with Crippen LogP contribution in [0.1, 0.15) is 46.0 Å². The van der Waals surface area contributed by atoms with Crippen LogP contribution < -0.4 is 10.6 Å². The van der Waals surface area contributed by atoms with E-state index in [-0.39, 0.29) is 31.8 Å². The molecule has 0 aliphatic carbocycles. The summed E-state index contributed by atoms with van der Waals surface area (Å²) in [7, 11) is 1.43. The predicted octanol–water partition coefficient (Wildman–Crippen LogP) is 1.17. The molecule has 0 aromatic heterocycles. The van der Waals surface area contributed by atoms with Gasteiger partial charge in [0, 0.05) is 26.6 Å². The van der Waals surface area contributed by atoms with E-state index in [1.165, 1.54) is 7.11 Å². The molecule has 8 nitrogen and oxygen atoms in total. The summed E-state index contributed by atoms with van der Waals surface area (Å²) in [5.74, 6) is -0.0129. The summed E-state index contributed by atoms with van der Waals surface area (Å²) in [6.45, 7) is 4.39. The van der Waals surface area contributed by atoms with E-state index in [9.17, 15) is 9.59 Å². The highest BCUT2D eigenvalue weighted by Gasteiger charge is 2.16. The van der Waals surface area contributed by atoms with Crippen molar-refractivity contribution >= 4 is 12.0 Å². The molecule has 0 aliphatic heterocycles. The lowest BCUT2D eigenvalue weighted by molar-refractivity contribution is -0.181. The molecule has 0 aromatic rings. The number of ether oxygens (including phenoxy) is 3. The summed E-state index contributed by atoms with van der Waals surface area (Å²) in [5, 5.41) is 14.3. The number of amides is 2. The zero-order chi connectivity index (χ0) is 18.2. The Morgan fingerprint density at radius 2 is 1.83 bits per heavy atom. The van der Waals surface area contributed by atoms with Crippen LogP contribution in [0.3, 0.4) is 0 Å². The van der Waals surface area contributed by atoms with Crippen molar-refractivity contribution in [2.45, 2.75) is 58.3 Å². The molecule has 0 saturated carbocycles. The maximum absolute atomic E-state index is 11.5. The highest BCUT2D eigenvalue weighted by atomic mass is 16.7. The molecule has 0 aliphatic rings. The Morgan fingerprint density at radius 1 is 1.12 bits per heavy atom. The number of carbonyl (C=O) groups is 2. The second kappa shape index (κ2) is 15.2. The Morgan fingerprint density at radius 3 is 2.42 bits per heavy atom. The van der Waals surface area contributed by atoms with Crippen molar-refractivity contribution in [2.24, 2.45) is 0 Å². The molecule has 2 unspecified atom stereocenters. The first kappa shape index (κ1) is 22.6. The number of aliphatic hydroxyl groups is 1. The minimum Gasteiger partial charge on any atom is -0.444 e. The third kappa shape index (κ3) is 12.1. The summed E-state index contributed by atoms with van der Waals surface area (Å²) in [6.07, 6.45) is 2.42. The predicted molar refractivity (Wildman–Crippen MR) is 89.5 cm³/mol. The maximum atomic E-state index is 11.5. The van der Waals surface area contributed by atoms with E-state index in [0.717, 1.165) is 19.3 Å². The fourth-order valence-corrected chi connectivity index (χ4v) is 1.83. The number of unbranched alkanes of at least 4 members (excludes halogenated alkanes) is 2. The fourth-order valence-electron chi connectivity index (χ4n) is 1.83. The first-order chi connectivity index (χ1) is 11.6. The van der Waals surface area contributed by atoms with Crippen molar-refractivity contribution in [1.82, 2.24) is 10.6 Å². The lowest BCUT2D eigenvalue weighted by Gasteiger charge is -2.21. The lowest BCUT2D eigenvalue weighted by Crippen LogP contribution is -2.37. The molecule has 142 valence electrons. The number of hydrogen-bond donors (Lipinski definition) is 3. The van der Waals surface area contributed by atoms with Gasteiger partial charge >= 0.3 is 6.09 Å². The van der Waals surface area contributed by atoms with Gasteiger partial charge in [-0.05, 0) is 12.8 Å². The average Bonchev–Trinajstić information content (AvgIpc) is 2.59. The number of nitrogens with one attached hydrogen (secondary N) is 2. The highest BCUT2D eigenvalue weighted by molar-refractivity contribution is 5.75. The minimum atomic E-state index is -0.730. The molecule has 0 spiro atoms. The Balaban J connectivity index is 3.75. The molecule has 0 rings (SSSR count). The van der Waals surface area contributed by atoms with Gasteiger partial charge < -0.3 is 30.0 Å². The normalized spacial score (nSPS) is 13.2. The molecule has 8 heteroatoms. The number of methoxy groups -OCH3 is 1. The van der Waals surface area contributed by atoms with Gasteiger partial charge in [0.15, 0.2) is 6.29 Å². The van der Waals surface area contributed by atoms with E-state index >= 15 is 0 Å². The monoisotopic (exact) mass is 348 g/mol. The quantitative estimate of drug-likeness (QED) is 0.321. The van der Waals surface area contributed by atoms with Gasteiger partial charge in [0.2, 0.25) is 5.91 Å². The van der Waals surface area contributed by atoms with Crippen molar-refractivity contribution in [3.8, 4) is 0 Å². The van der Waals surface area contributed by atoms with Gasteiger partial charge in [-0.15, -0.1) is 0 Å². The van der Waals surface area contributed by atoms with Gasteiger partial charge in [-0.25, -0.2) is 4.79 Å². The molecular weight excluding hydrogens is 316 g/mol. The summed E-state index contributed by atoms with van der Waals surface area (Å²) in [5.41, 5.74) is 0. The fraction of sp³-hybridized carbons (Fsp3) is 0.875. The first-order valence-electron chi connectivity index (χ1n) is 8.53. The molecule has 0 aromatic carbocycles. The van der Waals surface area contributed by atoms with Crippen LogP contribution in [-0.4, -0.2) is 62.9 Å². The number of rotatable bonds is 14. The number of alkyl carbamates (subject to hydrolysis) is 1. The van der Waals surface area contributed by atoms with Crippen LogP contribution in [0.2, 0.25) is 0 Å². The van der Waals surface area contributed by atoms with Crippen LogP contribution in [0.15, 0.2) is 0 Å². The molecule has 2 atom stereocenters. The van der Waals surface area contributed by atoms with Crippen molar-refractivity contribution in [1.29, 1.82) is 0 Å². The largest absolute Gasteiger partial charge is 0.444 e. The number of aliphatic hydroxyl groups excluding tert-OH is 1. The van der Waals surface area contributed by atoms with Crippen molar-refractivity contribution in [2.75, 3.05) is 33.4 Å². The van der Waals surface area contributed by atoms with Crippen molar-refractivity contribution < 1.29 is 28.9 Å². The highest BCUT2D eigenvalue weighted by Crippen LogP contribution is 2.04. The Kier molecular flexibility index (Phi) is 14.3. The van der Waals surface area contributed by atoms with E-state index in [2.05, 4.69) is 17.6 Å². The SMILES string of the molecule is CCCCCC(=O)NCCNC(=O)OCC(OC)OC(CC)CO. The third-order valence-corrected chi connectivity index (χ3v) is 3.34. The van der Waals surface area contributed by atoms with Crippen LogP contribution in [-0.2, 0) is 19.0 Å². The Bertz CT molecular complexity index is 337. The van der Waals surface area contributed by atoms with E-state index in [1.54, 1.807) is 0 Å². The molecule has 24 heavy (non-hydrogen) atoms. The first-order valence-corrected chi connectivity index (χ1v) is 8.53. The Labute approximate surface area is 144 Å². The smallest absolute Gasteiger partial charge is 0.407 e. The molecule has 0 radical (unpaired) electrons. The standard InChI is InChI=1S/C16H32N2O6/c1-4-6-7-8-14(20)17-9-10-18-16(21)23-12-15(22-3)24-13(5-2)11-19/h13,15,19H,4-12H2,1-3H3,(H,17,20)(H,18,21). The molecular formula is C16H32N2O6. The number of hydrogen-bond acceptors (Lipinski definition) is 6. The van der Waals surface area contributed by atoms with Gasteiger partial charge in [0.25, 0.3) is 0 Å². The van der Waals surface area contributed by atoms with Crippen LogP contribution in [0, 0.1) is 0 Å². The zero-order valence-corrected chi connectivity index (χ0v) is 15.0. The van der Waals surface area contributed by atoms with Crippen molar-refractivity contribution in [3.63, 3.8) is 0 Å². The number of carbonyl (C=O) groups excluding carboxylic acids is 2. The second-order valence-electron chi connectivity index (χ2n) is 5.35. The van der Waals surface area contributed by atoms with Crippen LogP contribution >= 0.6 is 0 Å². The summed E-state index contributed by atoms with van der Waals surface area (Å²) in [6, 6.07) is 0. The molecule has 3 N–H and O–H groups in total. The lowest BCUT2D eigenvalue weighted by atomic mass is 10.2. The van der Waals surface area contributed by atoms with Crippen LogP contribution in [0.5, 0.6) is 0 Å². The van der Waals surface area contributed by atoms with Crippen LogP contribution in [0.25, 0.3) is 0 Å². The molecule has 0 saturated heterocycles. The van der Waals surface area contributed by atoms with Gasteiger partial charge in [-0.3, -0.25) is 4.79 Å². The average molecular weight is 348 g/mol. The van der Waals surface area contributed by atoms with Gasteiger partial charge in [0.1, 0.15) is 6.61 Å². The van der Waals surface area contributed by atoms with E-state index in [1.807, 2.05) is 6.92 Å². The molecule has 0 fully saturated rings. The van der Waals surface area contributed by atoms with Crippen molar-refractivity contribution in [3.05, 3.63) is 0 Å². The summed E-state index contributed by atoms with van der Waals surface area (Å²) < 4.78 is 15.4. The molecule has 0 heterocycles. The van der Waals surface area contributed by atoms with E-state index in [4.69, 9.17) is 19.3 Å². The molecule has 0 bridgehead atoms. The summed E-state index contributed by atoms with van der Waals surface area (Å²) in [4.78, 5) is 23.0. The van der Waals surface area contributed by atoms with Crippen LogP contribution in [0.4, 0.5) is 4.79 Å². The Hall–Kier alpha value is -1.38. The van der Waals surface area contributed by atoms with Gasteiger partial charge in [0.05, 0.1) is 12.7 Å².